The number of carbonyl (C=O) groups excluding carboxylic acids is 1. The fourth-order valence-electron chi connectivity index (χ4n) is 2.66. The molecule has 0 bridgehead atoms. The lowest BCUT2D eigenvalue weighted by molar-refractivity contribution is 0.0740. The van der Waals surface area contributed by atoms with E-state index in [1.165, 1.54) is 6.07 Å². The van der Waals surface area contributed by atoms with E-state index in [9.17, 15) is 9.18 Å². The van der Waals surface area contributed by atoms with Crippen molar-refractivity contribution in [2.24, 2.45) is 5.73 Å². The molecule has 0 spiro atoms. The third-order valence-electron chi connectivity index (χ3n) is 3.88. The molecule has 3 rings (SSSR count). The van der Waals surface area contributed by atoms with Gasteiger partial charge < -0.3 is 15.5 Å². The summed E-state index contributed by atoms with van der Waals surface area (Å²) in [6.07, 6.45) is 1.61. The van der Waals surface area contributed by atoms with Gasteiger partial charge in [-0.2, -0.15) is 0 Å². The molecule has 7 nitrogen and oxygen atoms in total. The third kappa shape index (κ3) is 3.31. The molecule has 0 saturated carbocycles. The zero-order chi connectivity index (χ0) is 16.2. The van der Waals surface area contributed by atoms with Crippen molar-refractivity contribution in [3.8, 4) is 0 Å². The summed E-state index contributed by atoms with van der Waals surface area (Å²) in [4.78, 5) is 16.1. The quantitative estimate of drug-likeness (QED) is 0.879. The minimum absolute atomic E-state index is 0.151. The second kappa shape index (κ2) is 6.74. The first-order chi connectivity index (χ1) is 11.2. The second-order valence-corrected chi connectivity index (χ2v) is 5.39. The minimum Gasteiger partial charge on any atom is -0.366 e. The molecular formula is C15H19FN6O. The Balaban J connectivity index is 1.62. The first-order valence-corrected chi connectivity index (χ1v) is 7.58. The van der Waals surface area contributed by atoms with E-state index in [-0.39, 0.29) is 11.7 Å². The SMILES string of the molecule is NCCn1cc(C(=O)N2CCN(c3ccccc3F)CC2)nn1. The summed E-state index contributed by atoms with van der Waals surface area (Å²) in [5.74, 6) is -0.390. The zero-order valence-corrected chi connectivity index (χ0v) is 12.7. The van der Waals surface area contributed by atoms with Gasteiger partial charge in [0, 0.05) is 32.7 Å². The number of halogens is 1. The highest BCUT2D eigenvalue weighted by molar-refractivity contribution is 5.92. The van der Waals surface area contributed by atoms with Gasteiger partial charge >= 0.3 is 0 Å². The van der Waals surface area contributed by atoms with Crippen LogP contribution in [0.3, 0.4) is 0 Å². The molecule has 0 unspecified atom stereocenters. The molecule has 1 aliphatic heterocycles. The lowest BCUT2D eigenvalue weighted by Crippen LogP contribution is -2.49. The van der Waals surface area contributed by atoms with E-state index < -0.39 is 0 Å². The van der Waals surface area contributed by atoms with Gasteiger partial charge in [0.05, 0.1) is 18.4 Å². The fraction of sp³-hybridized carbons (Fsp3) is 0.400. The summed E-state index contributed by atoms with van der Waals surface area (Å²) in [7, 11) is 0. The maximum absolute atomic E-state index is 13.8. The molecule has 0 radical (unpaired) electrons. The van der Waals surface area contributed by atoms with Gasteiger partial charge in [0.15, 0.2) is 5.69 Å². The van der Waals surface area contributed by atoms with Crippen LogP contribution in [0.4, 0.5) is 10.1 Å². The molecule has 2 N–H and O–H groups in total. The maximum Gasteiger partial charge on any atom is 0.276 e. The highest BCUT2D eigenvalue weighted by Crippen LogP contribution is 2.20. The lowest BCUT2D eigenvalue weighted by atomic mass is 10.2. The summed E-state index contributed by atoms with van der Waals surface area (Å²) in [5.41, 5.74) is 6.35. The van der Waals surface area contributed by atoms with Gasteiger partial charge in [0.1, 0.15) is 5.82 Å². The van der Waals surface area contributed by atoms with Crippen LogP contribution < -0.4 is 10.6 Å². The van der Waals surface area contributed by atoms with Crippen LogP contribution >= 0.6 is 0 Å². The predicted octanol–water partition coefficient (Wildman–Crippen LogP) is 0.338. The summed E-state index contributed by atoms with van der Waals surface area (Å²) in [6.45, 7) is 3.20. The Labute approximate surface area is 133 Å². The number of hydrogen-bond acceptors (Lipinski definition) is 5. The molecule has 1 aliphatic rings. The number of carbonyl (C=O) groups is 1. The molecule has 1 aromatic carbocycles. The van der Waals surface area contributed by atoms with Crippen molar-refractivity contribution in [1.29, 1.82) is 0 Å². The molecule has 1 aromatic heterocycles. The maximum atomic E-state index is 13.8. The molecule has 122 valence electrons. The third-order valence-corrected chi connectivity index (χ3v) is 3.88. The number of benzene rings is 1. The van der Waals surface area contributed by atoms with E-state index in [1.807, 2.05) is 11.0 Å². The van der Waals surface area contributed by atoms with Crippen LogP contribution in [-0.4, -0.2) is 58.5 Å². The van der Waals surface area contributed by atoms with Gasteiger partial charge in [0.25, 0.3) is 5.91 Å². The highest BCUT2D eigenvalue weighted by Gasteiger charge is 2.25. The largest absolute Gasteiger partial charge is 0.366 e. The smallest absolute Gasteiger partial charge is 0.276 e. The second-order valence-electron chi connectivity index (χ2n) is 5.39. The fourth-order valence-corrected chi connectivity index (χ4v) is 2.66. The Morgan fingerprint density at radius 3 is 2.65 bits per heavy atom. The number of aromatic nitrogens is 3. The molecule has 1 fully saturated rings. The Morgan fingerprint density at radius 1 is 1.22 bits per heavy atom. The molecule has 1 amide bonds. The molecule has 0 aliphatic carbocycles. The van der Waals surface area contributed by atoms with Gasteiger partial charge in [0.2, 0.25) is 0 Å². The summed E-state index contributed by atoms with van der Waals surface area (Å²) < 4.78 is 15.4. The van der Waals surface area contributed by atoms with Gasteiger partial charge in [-0.3, -0.25) is 9.48 Å². The lowest BCUT2D eigenvalue weighted by Gasteiger charge is -2.35. The van der Waals surface area contributed by atoms with Crippen LogP contribution in [0.1, 0.15) is 10.5 Å². The number of anilines is 1. The van der Waals surface area contributed by atoms with Crippen molar-refractivity contribution in [2.75, 3.05) is 37.6 Å². The first-order valence-electron chi connectivity index (χ1n) is 7.58. The number of rotatable bonds is 4. The Hall–Kier alpha value is -2.48. The predicted molar refractivity (Wildman–Crippen MR) is 83.6 cm³/mol. The molecule has 8 heteroatoms. The Bertz CT molecular complexity index is 680. The summed E-state index contributed by atoms with van der Waals surface area (Å²) >= 11 is 0. The molecule has 2 aromatic rings. The first kappa shape index (κ1) is 15.4. The van der Waals surface area contributed by atoms with Crippen molar-refractivity contribution < 1.29 is 9.18 Å². The number of hydrogen-bond donors (Lipinski definition) is 1. The van der Waals surface area contributed by atoms with Gasteiger partial charge in [-0.15, -0.1) is 5.10 Å². The van der Waals surface area contributed by atoms with Crippen LogP contribution in [0, 0.1) is 5.82 Å². The Kier molecular flexibility index (Phi) is 4.52. The van der Waals surface area contributed by atoms with E-state index in [0.717, 1.165) is 0 Å². The average molecular weight is 318 g/mol. The topological polar surface area (TPSA) is 80.3 Å². The van der Waals surface area contributed by atoms with Crippen molar-refractivity contribution in [3.05, 3.63) is 42.0 Å². The number of nitrogens with two attached hydrogens (primary N) is 1. The van der Waals surface area contributed by atoms with Crippen LogP contribution in [-0.2, 0) is 6.54 Å². The number of para-hydroxylation sites is 1. The molecule has 23 heavy (non-hydrogen) atoms. The molecule has 1 saturated heterocycles. The van der Waals surface area contributed by atoms with Crippen molar-refractivity contribution in [2.45, 2.75) is 6.54 Å². The van der Waals surface area contributed by atoms with E-state index in [1.54, 1.807) is 27.9 Å². The number of nitrogens with zero attached hydrogens (tertiary/aromatic N) is 5. The van der Waals surface area contributed by atoms with Crippen molar-refractivity contribution >= 4 is 11.6 Å². The molecule has 0 atom stereocenters. The average Bonchev–Trinajstić information content (AvgIpc) is 3.04. The minimum atomic E-state index is -0.239. The normalized spacial score (nSPS) is 15.0. The van der Waals surface area contributed by atoms with Crippen molar-refractivity contribution in [3.63, 3.8) is 0 Å². The van der Waals surface area contributed by atoms with Crippen LogP contribution in [0.15, 0.2) is 30.5 Å². The molecular weight excluding hydrogens is 299 g/mol. The monoisotopic (exact) mass is 318 g/mol. The van der Waals surface area contributed by atoms with E-state index in [0.29, 0.717) is 50.6 Å². The number of piperazine rings is 1. The van der Waals surface area contributed by atoms with E-state index in [4.69, 9.17) is 5.73 Å². The van der Waals surface area contributed by atoms with Gasteiger partial charge in [-0.1, -0.05) is 17.3 Å². The van der Waals surface area contributed by atoms with E-state index >= 15 is 0 Å². The van der Waals surface area contributed by atoms with Crippen LogP contribution in [0.25, 0.3) is 0 Å². The van der Waals surface area contributed by atoms with E-state index in [2.05, 4.69) is 10.3 Å². The van der Waals surface area contributed by atoms with Crippen LogP contribution in [0.2, 0.25) is 0 Å². The molecule has 2 heterocycles. The van der Waals surface area contributed by atoms with Gasteiger partial charge in [-0.05, 0) is 12.1 Å². The Morgan fingerprint density at radius 2 is 1.96 bits per heavy atom. The number of amides is 1. The van der Waals surface area contributed by atoms with Crippen molar-refractivity contribution in [1.82, 2.24) is 19.9 Å². The summed E-state index contributed by atoms with van der Waals surface area (Å²) in [5, 5.41) is 7.77. The standard InChI is InChI=1S/C15H19FN6O/c16-12-3-1-2-4-14(12)20-7-9-21(10-8-20)15(23)13-11-22(6-5-17)19-18-13/h1-4,11H,5-10,17H2. The zero-order valence-electron chi connectivity index (χ0n) is 12.7. The van der Waals surface area contributed by atoms with Crippen LogP contribution in [0.5, 0.6) is 0 Å². The summed E-state index contributed by atoms with van der Waals surface area (Å²) in [6, 6.07) is 6.68. The van der Waals surface area contributed by atoms with Gasteiger partial charge in [-0.25, -0.2) is 4.39 Å². The highest BCUT2D eigenvalue weighted by atomic mass is 19.1.